The summed E-state index contributed by atoms with van der Waals surface area (Å²) in [5.41, 5.74) is 2.59. The lowest BCUT2D eigenvalue weighted by atomic mass is 9.83. The van der Waals surface area contributed by atoms with Crippen molar-refractivity contribution in [2.45, 2.75) is 30.2 Å². The third-order valence-corrected chi connectivity index (χ3v) is 5.43. The molecule has 0 bridgehead atoms. The number of aryl methyl sites for hydroxylation is 2. The van der Waals surface area contributed by atoms with Gasteiger partial charge in [-0.05, 0) is 36.3 Å². The van der Waals surface area contributed by atoms with E-state index >= 15 is 0 Å². The molecule has 0 radical (unpaired) electrons. The third-order valence-electron chi connectivity index (χ3n) is 3.96. The molecule has 0 aliphatic heterocycles. The summed E-state index contributed by atoms with van der Waals surface area (Å²) in [5, 5.41) is 7.36. The maximum Gasteiger partial charge on any atom is 0.259 e. The van der Waals surface area contributed by atoms with Gasteiger partial charge in [0.15, 0.2) is 5.03 Å². The molecule has 1 aliphatic carbocycles. The minimum Gasteiger partial charge on any atom is -0.236 e. The van der Waals surface area contributed by atoms with Gasteiger partial charge in [0.1, 0.15) is 0 Å². The molecule has 1 heterocycles. The first-order valence-electron chi connectivity index (χ1n) is 7.00. The van der Waals surface area contributed by atoms with E-state index in [4.69, 9.17) is 0 Å². The molecule has 1 unspecified atom stereocenters. The molecule has 21 heavy (non-hydrogen) atoms. The number of nitrogens with one attached hydrogen (secondary N) is 1. The van der Waals surface area contributed by atoms with Crippen LogP contribution in [0.25, 0.3) is 0 Å². The standard InChI is InChI=1S/C14H18N4O2S/c1-18-14(10-15-17-18)21(19,20)16-9-12-7-4-6-11-5-2-3-8-13(11)12/h2-3,5,8,10,12,16H,4,6-7,9H2,1H3. The van der Waals surface area contributed by atoms with Crippen LogP contribution in [-0.4, -0.2) is 30.0 Å². The van der Waals surface area contributed by atoms with Crippen molar-refractivity contribution in [3.8, 4) is 0 Å². The van der Waals surface area contributed by atoms with Crippen molar-refractivity contribution in [2.24, 2.45) is 7.05 Å². The summed E-state index contributed by atoms with van der Waals surface area (Å²) in [4.78, 5) is 0. The van der Waals surface area contributed by atoms with Crippen LogP contribution in [-0.2, 0) is 23.5 Å². The highest BCUT2D eigenvalue weighted by molar-refractivity contribution is 7.89. The second-order valence-electron chi connectivity index (χ2n) is 5.34. The zero-order chi connectivity index (χ0) is 14.9. The van der Waals surface area contributed by atoms with E-state index in [0.29, 0.717) is 6.54 Å². The predicted molar refractivity (Wildman–Crippen MR) is 78.3 cm³/mol. The Hall–Kier alpha value is -1.73. The fraction of sp³-hybridized carbons (Fsp3) is 0.429. The molecular formula is C14H18N4O2S. The third kappa shape index (κ3) is 2.84. The minimum absolute atomic E-state index is 0.0894. The molecule has 6 nitrogen and oxygen atoms in total. The fourth-order valence-corrected chi connectivity index (χ4v) is 4.01. The molecular weight excluding hydrogens is 288 g/mol. The minimum atomic E-state index is -3.56. The Bertz CT molecular complexity index is 739. The molecule has 112 valence electrons. The Morgan fingerprint density at radius 1 is 1.38 bits per heavy atom. The summed E-state index contributed by atoms with van der Waals surface area (Å²) in [6.45, 7) is 0.407. The summed E-state index contributed by atoms with van der Waals surface area (Å²) < 4.78 is 28.5. The van der Waals surface area contributed by atoms with E-state index in [0.717, 1.165) is 19.3 Å². The van der Waals surface area contributed by atoms with Crippen LogP contribution in [0.15, 0.2) is 35.5 Å². The Morgan fingerprint density at radius 2 is 2.19 bits per heavy atom. The SMILES string of the molecule is Cn1nncc1S(=O)(=O)NCC1CCCc2ccccc21. The van der Waals surface area contributed by atoms with Crippen molar-refractivity contribution in [3.63, 3.8) is 0 Å². The molecule has 1 N–H and O–H groups in total. The zero-order valence-electron chi connectivity index (χ0n) is 11.9. The van der Waals surface area contributed by atoms with Crippen LogP contribution in [0.1, 0.15) is 29.9 Å². The summed E-state index contributed by atoms with van der Waals surface area (Å²) >= 11 is 0. The Labute approximate surface area is 124 Å². The van der Waals surface area contributed by atoms with Gasteiger partial charge in [0.05, 0.1) is 6.20 Å². The van der Waals surface area contributed by atoms with Crippen molar-refractivity contribution in [3.05, 3.63) is 41.6 Å². The van der Waals surface area contributed by atoms with Crippen LogP contribution in [0, 0.1) is 0 Å². The van der Waals surface area contributed by atoms with Crippen molar-refractivity contribution in [2.75, 3.05) is 6.54 Å². The predicted octanol–water partition coefficient (Wildman–Crippen LogP) is 1.21. The van der Waals surface area contributed by atoms with Crippen LogP contribution in [0.4, 0.5) is 0 Å². The molecule has 0 fully saturated rings. The quantitative estimate of drug-likeness (QED) is 0.921. The van der Waals surface area contributed by atoms with Gasteiger partial charge in [0.25, 0.3) is 10.0 Å². The van der Waals surface area contributed by atoms with E-state index in [1.54, 1.807) is 7.05 Å². The molecule has 0 amide bonds. The van der Waals surface area contributed by atoms with Gasteiger partial charge >= 0.3 is 0 Å². The molecule has 1 aromatic carbocycles. The zero-order valence-corrected chi connectivity index (χ0v) is 12.7. The van der Waals surface area contributed by atoms with Gasteiger partial charge in [-0.3, -0.25) is 0 Å². The van der Waals surface area contributed by atoms with E-state index in [9.17, 15) is 8.42 Å². The number of hydrogen-bond donors (Lipinski definition) is 1. The average molecular weight is 306 g/mol. The van der Waals surface area contributed by atoms with Crippen LogP contribution in [0.5, 0.6) is 0 Å². The van der Waals surface area contributed by atoms with Crippen LogP contribution in [0.3, 0.4) is 0 Å². The lowest BCUT2D eigenvalue weighted by molar-refractivity contribution is 0.522. The largest absolute Gasteiger partial charge is 0.259 e. The van der Waals surface area contributed by atoms with Crippen LogP contribution < -0.4 is 4.72 Å². The summed E-state index contributed by atoms with van der Waals surface area (Å²) in [6, 6.07) is 8.27. The Morgan fingerprint density at radius 3 is 2.95 bits per heavy atom. The van der Waals surface area contributed by atoms with E-state index in [2.05, 4.69) is 27.2 Å². The van der Waals surface area contributed by atoms with Crippen molar-refractivity contribution < 1.29 is 8.42 Å². The topological polar surface area (TPSA) is 76.9 Å². The molecule has 0 saturated carbocycles. The van der Waals surface area contributed by atoms with Gasteiger partial charge < -0.3 is 0 Å². The van der Waals surface area contributed by atoms with Crippen molar-refractivity contribution in [1.29, 1.82) is 0 Å². The summed E-state index contributed by atoms with van der Waals surface area (Å²) in [7, 11) is -1.99. The number of nitrogens with zero attached hydrogens (tertiary/aromatic N) is 3. The van der Waals surface area contributed by atoms with Crippen LogP contribution in [0.2, 0.25) is 0 Å². The van der Waals surface area contributed by atoms with Crippen molar-refractivity contribution in [1.82, 2.24) is 19.7 Å². The van der Waals surface area contributed by atoms with E-state index < -0.39 is 10.0 Å². The Balaban J connectivity index is 1.76. The molecule has 1 aliphatic rings. The first-order valence-corrected chi connectivity index (χ1v) is 8.48. The molecule has 0 saturated heterocycles. The molecule has 1 atom stereocenters. The van der Waals surface area contributed by atoms with Gasteiger partial charge in [-0.2, -0.15) is 0 Å². The number of benzene rings is 1. The summed E-state index contributed by atoms with van der Waals surface area (Å²) in [5.74, 6) is 0.228. The van der Waals surface area contributed by atoms with Gasteiger partial charge in [-0.1, -0.05) is 29.5 Å². The smallest absolute Gasteiger partial charge is 0.236 e. The second kappa shape index (κ2) is 5.57. The first kappa shape index (κ1) is 14.2. The summed E-state index contributed by atoms with van der Waals surface area (Å²) in [6.07, 6.45) is 4.43. The molecule has 2 aromatic rings. The van der Waals surface area contributed by atoms with Gasteiger partial charge in [-0.25, -0.2) is 17.8 Å². The lowest BCUT2D eigenvalue weighted by Crippen LogP contribution is -2.31. The first-order chi connectivity index (χ1) is 10.1. The maximum absolute atomic E-state index is 12.3. The normalized spacial score (nSPS) is 18.4. The monoisotopic (exact) mass is 306 g/mol. The second-order valence-corrected chi connectivity index (χ2v) is 7.05. The highest BCUT2D eigenvalue weighted by Gasteiger charge is 2.24. The maximum atomic E-state index is 12.3. The Kier molecular flexibility index (Phi) is 3.77. The highest BCUT2D eigenvalue weighted by Crippen LogP contribution is 2.31. The highest BCUT2D eigenvalue weighted by atomic mass is 32.2. The number of hydrogen-bond acceptors (Lipinski definition) is 4. The van der Waals surface area contributed by atoms with E-state index in [-0.39, 0.29) is 10.9 Å². The molecule has 0 spiro atoms. The number of rotatable bonds is 4. The van der Waals surface area contributed by atoms with Gasteiger partial charge in [0.2, 0.25) is 0 Å². The van der Waals surface area contributed by atoms with E-state index in [1.807, 2.05) is 12.1 Å². The number of aromatic nitrogens is 3. The number of fused-ring (bicyclic) bond motifs is 1. The van der Waals surface area contributed by atoms with Crippen LogP contribution >= 0.6 is 0 Å². The lowest BCUT2D eigenvalue weighted by Gasteiger charge is -2.25. The van der Waals surface area contributed by atoms with Gasteiger partial charge in [0, 0.05) is 13.6 Å². The average Bonchev–Trinajstić information content (AvgIpc) is 2.92. The molecule has 1 aromatic heterocycles. The van der Waals surface area contributed by atoms with E-state index in [1.165, 1.54) is 22.0 Å². The molecule has 3 rings (SSSR count). The van der Waals surface area contributed by atoms with Gasteiger partial charge in [-0.15, -0.1) is 5.10 Å². The fourth-order valence-electron chi connectivity index (χ4n) is 2.87. The molecule has 7 heteroatoms. The van der Waals surface area contributed by atoms with Crippen molar-refractivity contribution >= 4 is 10.0 Å². The number of sulfonamides is 1.